The van der Waals surface area contributed by atoms with Crippen LogP contribution < -0.4 is 0 Å². The van der Waals surface area contributed by atoms with Crippen molar-refractivity contribution < 1.29 is 14.1 Å². The summed E-state index contributed by atoms with van der Waals surface area (Å²) in [5.74, 6) is 1.24. The zero-order valence-electron chi connectivity index (χ0n) is 11.0. The summed E-state index contributed by atoms with van der Waals surface area (Å²) in [6.45, 7) is 7.00. The molecule has 2 rings (SSSR count). The predicted molar refractivity (Wildman–Crippen MR) is 63.9 cm³/mol. The number of aryl methyl sites for hydroxylation is 2. The van der Waals surface area contributed by atoms with Crippen LogP contribution in [0, 0.1) is 6.92 Å². The largest absolute Gasteiger partial charge is 0.375 e. The summed E-state index contributed by atoms with van der Waals surface area (Å²) in [4.78, 5) is 18.1. The predicted octanol–water partition coefficient (Wildman–Crippen LogP) is 0.946. The molecule has 0 bridgehead atoms. The Kier molecular flexibility index (Phi) is 3.96. The van der Waals surface area contributed by atoms with E-state index in [-0.39, 0.29) is 18.1 Å². The molecular formula is C12H19N3O3. The van der Waals surface area contributed by atoms with Gasteiger partial charge in [-0.2, -0.15) is 4.98 Å². The molecule has 1 aliphatic heterocycles. The van der Waals surface area contributed by atoms with Crippen molar-refractivity contribution in [3.8, 4) is 0 Å². The van der Waals surface area contributed by atoms with Crippen molar-refractivity contribution in [3.05, 3.63) is 11.7 Å². The number of morpholine rings is 1. The molecule has 1 fully saturated rings. The molecule has 0 saturated carbocycles. The molecule has 1 saturated heterocycles. The van der Waals surface area contributed by atoms with E-state index in [1.807, 2.05) is 18.7 Å². The fraction of sp³-hybridized carbons (Fsp3) is 0.750. The lowest BCUT2D eigenvalue weighted by Crippen LogP contribution is -2.50. The maximum absolute atomic E-state index is 12.1. The van der Waals surface area contributed by atoms with Gasteiger partial charge >= 0.3 is 0 Å². The Balaban J connectivity index is 1.87. The summed E-state index contributed by atoms with van der Waals surface area (Å²) in [5.41, 5.74) is 0. The van der Waals surface area contributed by atoms with Crippen molar-refractivity contribution in [2.24, 2.45) is 0 Å². The van der Waals surface area contributed by atoms with Gasteiger partial charge in [0.2, 0.25) is 11.8 Å². The first-order valence-corrected chi connectivity index (χ1v) is 6.26. The molecule has 0 aromatic carbocycles. The van der Waals surface area contributed by atoms with E-state index in [0.717, 1.165) is 0 Å². The molecule has 0 radical (unpaired) electrons. The maximum atomic E-state index is 12.1. The van der Waals surface area contributed by atoms with Crippen molar-refractivity contribution in [3.63, 3.8) is 0 Å². The van der Waals surface area contributed by atoms with Gasteiger partial charge in [0.05, 0.1) is 18.8 Å². The Bertz CT molecular complexity index is 418. The van der Waals surface area contributed by atoms with Crippen LogP contribution in [0.5, 0.6) is 0 Å². The Labute approximate surface area is 106 Å². The smallest absolute Gasteiger partial charge is 0.227 e. The van der Waals surface area contributed by atoms with Gasteiger partial charge in [-0.3, -0.25) is 4.79 Å². The number of carbonyl (C=O) groups is 1. The summed E-state index contributed by atoms with van der Waals surface area (Å²) in [6, 6.07) is 0.137. The third-order valence-electron chi connectivity index (χ3n) is 3.05. The Morgan fingerprint density at radius 2 is 2.28 bits per heavy atom. The second-order valence-corrected chi connectivity index (χ2v) is 4.77. The minimum Gasteiger partial charge on any atom is -0.375 e. The molecule has 1 aromatic heterocycles. The second kappa shape index (κ2) is 5.48. The third-order valence-corrected chi connectivity index (χ3v) is 3.05. The van der Waals surface area contributed by atoms with Crippen LogP contribution in [0.15, 0.2) is 4.52 Å². The average Bonchev–Trinajstić information content (AvgIpc) is 2.75. The lowest BCUT2D eigenvalue weighted by atomic mass is 10.1. The van der Waals surface area contributed by atoms with E-state index in [1.165, 1.54) is 0 Å². The first-order valence-electron chi connectivity index (χ1n) is 6.26. The standard InChI is InChI=1S/C12H19N3O3/c1-8-7-17-9(2)6-15(8)12(16)5-4-11-13-10(3)14-18-11/h8-9H,4-7H2,1-3H3. The molecule has 2 atom stereocenters. The number of carbonyl (C=O) groups excluding carboxylic acids is 1. The molecule has 6 heteroatoms. The number of hydrogen-bond acceptors (Lipinski definition) is 5. The van der Waals surface area contributed by atoms with Gasteiger partial charge in [0.25, 0.3) is 0 Å². The van der Waals surface area contributed by atoms with Gasteiger partial charge in [0.15, 0.2) is 5.82 Å². The fourth-order valence-electron chi connectivity index (χ4n) is 2.05. The minimum absolute atomic E-state index is 0.107. The third kappa shape index (κ3) is 3.07. The van der Waals surface area contributed by atoms with Crippen LogP contribution in [0.4, 0.5) is 0 Å². The van der Waals surface area contributed by atoms with Crippen LogP contribution in [0.3, 0.4) is 0 Å². The molecule has 2 unspecified atom stereocenters. The van der Waals surface area contributed by atoms with Gasteiger partial charge in [-0.15, -0.1) is 0 Å². The summed E-state index contributed by atoms with van der Waals surface area (Å²) < 4.78 is 10.5. The van der Waals surface area contributed by atoms with Crippen LogP contribution in [0.1, 0.15) is 32.0 Å². The molecule has 6 nitrogen and oxygen atoms in total. The van der Waals surface area contributed by atoms with E-state index in [1.54, 1.807) is 6.92 Å². The monoisotopic (exact) mass is 253 g/mol. The highest BCUT2D eigenvalue weighted by Crippen LogP contribution is 2.13. The molecular weight excluding hydrogens is 234 g/mol. The van der Waals surface area contributed by atoms with Crippen LogP contribution in [-0.2, 0) is 16.0 Å². The molecule has 1 aromatic rings. The van der Waals surface area contributed by atoms with E-state index in [4.69, 9.17) is 9.26 Å². The minimum atomic E-state index is 0.107. The number of nitrogens with zero attached hydrogens (tertiary/aromatic N) is 3. The molecule has 2 heterocycles. The Morgan fingerprint density at radius 3 is 2.94 bits per heavy atom. The van der Waals surface area contributed by atoms with Crippen molar-refractivity contribution in [1.82, 2.24) is 15.0 Å². The number of amides is 1. The molecule has 1 aliphatic rings. The lowest BCUT2D eigenvalue weighted by Gasteiger charge is -2.36. The van der Waals surface area contributed by atoms with Crippen molar-refractivity contribution in [1.29, 1.82) is 0 Å². The van der Waals surface area contributed by atoms with Crippen molar-refractivity contribution >= 4 is 5.91 Å². The van der Waals surface area contributed by atoms with Gasteiger partial charge < -0.3 is 14.2 Å². The zero-order valence-corrected chi connectivity index (χ0v) is 11.0. The summed E-state index contributed by atoms with van der Waals surface area (Å²) in [6.07, 6.45) is 1.01. The Hall–Kier alpha value is -1.43. The van der Waals surface area contributed by atoms with Crippen LogP contribution in [0.2, 0.25) is 0 Å². The Morgan fingerprint density at radius 1 is 1.50 bits per heavy atom. The molecule has 100 valence electrons. The summed E-state index contributed by atoms with van der Waals surface area (Å²) >= 11 is 0. The van der Waals surface area contributed by atoms with Gasteiger partial charge in [-0.25, -0.2) is 0 Å². The topological polar surface area (TPSA) is 68.5 Å². The van der Waals surface area contributed by atoms with Crippen molar-refractivity contribution in [2.75, 3.05) is 13.2 Å². The number of hydrogen-bond donors (Lipinski definition) is 0. The van der Waals surface area contributed by atoms with Gasteiger partial charge in [-0.1, -0.05) is 5.16 Å². The molecule has 0 N–H and O–H groups in total. The number of aromatic nitrogens is 2. The fourth-order valence-corrected chi connectivity index (χ4v) is 2.05. The molecule has 1 amide bonds. The first-order chi connectivity index (χ1) is 8.56. The van der Waals surface area contributed by atoms with Gasteiger partial charge in [0, 0.05) is 19.4 Å². The quantitative estimate of drug-likeness (QED) is 0.802. The van der Waals surface area contributed by atoms with E-state index >= 15 is 0 Å². The van der Waals surface area contributed by atoms with Crippen LogP contribution in [-0.4, -0.2) is 46.2 Å². The number of rotatable bonds is 3. The van der Waals surface area contributed by atoms with E-state index < -0.39 is 0 Å². The second-order valence-electron chi connectivity index (χ2n) is 4.77. The maximum Gasteiger partial charge on any atom is 0.227 e. The highest BCUT2D eigenvalue weighted by Gasteiger charge is 2.27. The van der Waals surface area contributed by atoms with Gasteiger partial charge in [-0.05, 0) is 20.8 Å². The van der Waals surface area contributed by atoms with Crippen LogP contribution in [0.25, 0.3) is 0 Å². The summed E-state index contributed by atoms with van der Waals surface area (Å²) in [7, 11) is 0. The highest BCUT2D eigenvalue weighted by molar-refractivity contribution is 5.76. The van der Waals surface area contributed by atoms with Crippen molar-refractivity contribution in [2.45, 2.75) is 45.8 Å². The zero-order chi connectivity index (χ0) is 13.1. The van der Waals surface area contributed by atoms with Crippen LogP contribution >= 0.6 is 0 Å². The molecule has 0 spiro atoms. The average molecular weight is 253 g/mol. The normalized spacial score (nSPS) is 24.3. The van der Waals surface area contributed by atoms with E-state index in [2.05, 4.69) is 10.1 Å². The molecule has 0 aliphatic carbocycles. The number of ether oxygens (including phenoxy) is 1. The first kappa shape index (κ1) is 13.0. The SMILES string of the molecule is Cc1noc(CCC(=O)N2CC(C)OCC2C)n1. The summed E-state index contributed by atoms with van der Waals surface area (Å²) in [5, 5.41) is 3.70. The van der Waals surface area contributed by atoms with E-state index in [9.17, 15) is 4.79 Å². The van der Waals surface area contributed by atoms with Gasteiger partial charge in [0.1, 0.15) is 0 Å². The highest BCUT2D eigenvalue weighted by atomic mass is 16.5. The van der Waals surface area contributed by atoms with E-state index in [0.29, 0.717) is 37.7 Å². The lowest BCUT2D eigenvalue weighted by molar-refractivity contribution is -0.143. The molecule has 18 heavy (non-hydrogen) atoms.